The molecule has 15 rings (SSSR count). The Morgan fingerprint density at radius 1 is 0.455 bits per heavy atom. The molecule has 0 N–H and O–H groups in total. The van der Waals surface area contributed by atoms with E-state index >= 15 is 0 Å². The van der Waals surface area contributed by atoms with Gasteiger partial charge in [0.05, 0.1) is 22.4 Å². The molecule has 0 saturated carbocycles. The van der Waals surface area contributed by atoms with E-state index in [1.807, 2.05) is 24.3 Å². The second kappa shape index (κ2) is 19.5. The van der Waals surface area contributed by atoms with Gasteiger partial charge in [0.15, 0.2) is 0 Å². The summed E-state index contributed by atoms with van der Waals surface area (Å²) in [5.74, 6) is 0. The van der Waals surface area contributed by atoms with E-state index in [1.54, 1.807) is 0 Å². The van der Waals surface area contributed by atoms with E-state index in [4.69, 9.17) is 8.83 Å². The van der Waals surface area contributed by atoms with Crippen molar-refractivity contribution >= 4 is 124 Å². The summed E-state index contributed by atoms with van der Waals surface area (Å²) >= 11 is 0. The lowest BCUT2D eigenvalue weighted by atomic mass is 9.33. The molecule has 2 aliphatic heterocycles. The predicted octanol–water partition coefficient (Wildman–Crippen LogP) is 19.1. The van der Waals surface area contributed by atoms with Crippen LogP contribution in [0.4, 0.5) is 34.1 Å². The molecule has 13 aromatic rings. The number of nitrogens with zero attached hydrogens (tertiary/aromatic N) is 3. The highest BCUT2D eigenvalue weighted by atomic mass is 16.3. The van der Waals surface area contributed by atoms with Crippen LogP contribution in [0.3, 0.4) is 0 Å². The summed E-state index contributed by atoms with van der Waals surface area (Å²) in [6.45, 7) is 38.9. The molecule has 0 amide bonds. The fourth-order valence-corrected chi connectivity index (χ4v) is 14.7. The second-order valence-electron chi connectivity index (χ2n) is 28.1. The van der Waals surface area contributed by atoms with Gasteiger partial charge in [-0.1, -0.05) is 197 Å². The molecule has 0 unspecified atom stereocenters. The lowest BCUT2D eigenvalue weighted by Gasteiger charge is -2.46. The topological polar surface area (TPSA) is 37.7 Å². The number of anilines is 6. The quantitative estimate of drug-likeness (QED) is 0.156. The van der Waals surface area contributed by atoms with Crippen molar-refractivity contribution in [3.8, 4) is 16.8 Å². The van der Waals surface area contributed by atoms with Crippen molar-refractivity contribution in [3.05, 3.63) is 250 Å². The molecule has 6 heteroatoms. The van der Waals surface area contributed by atoms with E-state index in [1.165, 1.54) is 106 Å². The number of hydrogen-bond donors (Lipinski definition) is 0. The number of hydrogen-bond acceptors (Lipinski definition) is 4. The molecule has 10 aromatic carbocycles. The first-order chi connectivity index (χ1) is 42.1. The van der Waals surface area contributed by atoms with E-state index < -0.39 is 0 Å². The van der Waals surface area contributed by atoms with Gasteiger partial charge in [0, 0.05) is 71.7 Å². The van der Waals surface area contributed by atoms with Gasteiger partial charge in [-0.15, -0.1) is 0 Å². The standard InChI is InChI=1S/C82H74BN3O2/c1-16-58(78-51(6)59-25-17-19-29-73(59)87-78)52-31-35-57(36-32-52)84-70-46-69-64(61-37-33-55(81(10,11)12)42-68(61)86(69)76-47(2)23-21-24-48(76)3)45-66(70)83-65-41-54(80(7,8)9)34-38-67(65)85(72-44-56(82(13,14)15)43-71(84)75(72)83)77-49(4)39-53(40-50(77)5)60-27-22-28-63-62-26-18-20-30-74(62)88-79(60)63/h16-46H,1,6H2,2-5,7-15H3/b78-58-. The van der Waals surface area contributed by atoms with Crippen molar-refractivity contribution < 1.29 is 8.83 Å². The maximum Gasteiger partial charge on any atom is 0.252 e. The van der Waals surface area contributed by atoms with Gasteiger partial charge in [-0.25, -0.2) is 0 Å². The number of allylic oxidation sites excluding steroid dienone is 1. The fourth-order valence-electron chi connectivity index (χ4n) is 14.7. The number of rotatable bonds is 6. The summed E-state index contributed by atoms with van der Waals surface area (Å²) in [5, 5.41) is 6.60. The zero-order valence-corrected chi connectivity index (χ0v) is 53.0. The molecule has 0 atom stereocenters. The maximum absolute atomic E-state index is 6.69. The third kappa shape index (κ3) is 8.35. The van der Waals surface area contributed by atoms with Crippen LogP contribution in [-0.4, -0.2) is 11.3 Å². The molecule has 5 heterocycles. The van der Waals surface area contributed by atoms with Crippen LogP contribution < -0.4 is 36.8 Å². The van der Waals surface area contributed by atoms with Gasteiger partial charge in [-0.05, 0) is 177 Å². The minimum absolute atomic E-state index is 0.0637. The highest BCUT2D eigenvalue weighted by Gasteiger charge is 2.46. The predicted molar refractivity (Wildman–Crippen MR) is 376 cm³/mol. The third-order valence-corrected chi connectivity index (χ3v) is 19.2. The number of para-hydroxylation sites is 4. The summed E-state index contributed by atoms with van der Waals surface area (Å²) < 4.78 is 15.8. The zero-order valence-electron chi connectivity index (χ0n) is 53.0. The van der Waals surface area contributed by atoms with Crippen molar-refractivity contribution in [3.63, 3.8) is 0 Å². The summed E-state index contributed by atoms with van der Waals surface area (Å²) in [7, 11) is 0. The van der Waals surface area contributed by atoms with E-state index in [0.717, 1.165) is 77.2 Å². The fraction of sp³-hybridized carbons (Fsp3) is 0.195. The average Bonchev–Trinajstić information content (AvgIpc) is 1.06. The van der Waals surface area contributed by atoms with Crippen molar-refractivity contribution in [1.29, 1.82) is 0 Å². The Morgan fingerprint density at radius 3 is 1.69 bits per heavy atom. The van der Waals surface area contributed by atoms with E-state index in [-0.39, 0.29) is 23.0 Å². The number of fused-ring (bicyclic) bond motifs is 11. The smallest absolute Gasteiger partial charge is 0.252 e. The van der Waals surface area contributed by atoms with Crippen LogP contribution in [-0.2, 0) is 16.2 Å². The van der Waals surface area contributed by atoms with Gasteiger partial charge >= 0.3 is 0 Å². The van der Waals surface area contributed by atoms with Crippen molar-refractivity contribution in [1.82, 2.24) is 4.57 Å². The van der Waals surface area contributed by atoms with Gasteiger partial charge in [0.1, 0.15) is 22.2 Å². The molecular weight excluding hydrogens is 1070 g/mol. The van der Waals surface area contributed by atoms with Crippen LogP contribution >= 0.6 is 0 Å². The van der Waals surface area contributed by atoms with Gasteiger partial charge in [0.25, 0.3) is 6.71 Å². The Morgan fingerprint density at radius 2 is 1.03 bits per heavy atom. The first-order valence-electron chi connectivity index (χ1n) is 31.1. The van der Waals surface area contributed by atoms with E-state index in [9.17, 15) is 0 Å². The van der Waals surface area contributed by atoms with Gasteiger partial charge < -0.3 is 23.2 Å². The molecule has 2 aliphatic rings. The van der Waals surface area contributed by atoms with Gasteiger partial charge in [0.2, 0.25) is 0 Å². The normalized spacial score (nSPS) is 13.7. The van der Waals surface area contributed by atoms with E-state index in [0.29, 0.717) is 0 Å². The highest BCUT2D eigenvalue weighted by molar-refractivity contribution is 7.00. The minimum atomic E-state index is -0.228. The molecule has 0 radical (unpaired) electrons. The van der Waals surface area contributed by atoms with Crippen LogP contribution in [0, 0.1) is 27.7 Å². The van der Waals surface area contributed by atoms with Crippen LogP contribution in [0.15, 0.2) is 203 Å². The summed E-state index contributed by atoms with van der Waals surface area (Å²) in [6, 6.07) is 68.4. The molecular formula is C82H74BN3O2. The summed E-state index contributed by atoms with van der Waals surface area (Å²) in [4.78, 5) is 5.22. The molecule has 0 spiro atoms. The van der Waals surface area contributed by atoms with Crippen LogP contribution in [0.25, 0.3) is 83.7 Å². The zero-order chi connectivity index (χ0) is 61.2. The minimum Gasteiger partial charge on any atom is -0.455 e. The Bertz CT molecular complexity index is 5210. The monoisotopic (exact) mass is 1140 g/mol. The summed E-state index contributed by atoms with van der Waals surface area (Å²) in [5.41, 5.74) is 30.2. The molecule has 0 saturated heterocycles. The lowest BCUT2D eigenvalue weighted by molar-refractivity contribution is 0.573. The molecule has 0 fully saturated rings. The van der Waals surface area contributed by atoms with Crippen molar-refractivity contribution in [2.45, 2.75) is 106 Å². The van der Waals surface area contributed by atoms with Crippen LogP contribution in [0.2, 0.25) is 0 Å². The molecule has 5 nitrogen and oxygen atoms in total. The van der Waals surface area contributed by atoms with Crippen molar-refractivity contribution in [2.75, 3.05) is 9.80 Å². The first-order valence-corrected chi connectivity index (χ1v) is 31.1. The highest BCUT2D eigenvalue weighted by Crippen LogP contribution is 2.50. The first kappa shape index (κ1) is 55.1. The molecule has 0 bridgehead atoms. The Labute approximate surface area is 517 Å². The Kier molecular flexibility index (Phi) is 12.2. The average molecular weight is 1140 g/mol. The number of aromatic nitrogens is 1. The van der Waals surface area contributed by atoms with Gasteiger partial charge in [-0.3, -0.25) is 0 Å². The van der Waals surface area contributed by atoms with Crippen molar-refractivity contribution in [2.24, 2.45) is 0 Å². The Hall–Kier alpha value is -9.52. The Balaban J connectivity index is 1.04. The molecule has 88 heavy (non-hydrogen) atoms. The number of benzene rings is 10. The summed E-state index contributed by atoms with van der Waals surface area (Å²) in [6.07, 6.45) is 1.91. The SMILES string of the molecule is C=C/C(c1ccc(N2c3cc4c(cc3B3c5cc(C(C)(C)C)ccc5N(c5c(C)cc(-c6cccc7c6oc6ccccc67)cc5C)c5cc(C(C)(C)C)cc2c53)c2ccc(C(C)(C)C)cc2n4-c2c(C)cccc2C)cc1)=c1/oc2ccccc2c1=C. The number of furan rings is 2. The third-order valence-electron chi connectivity index (χ3n) is 19.2. The number of aryl methyl sites for hydroxylation is 4. The van der Waals surface area contributed by atoms with Crippen LogP contribution in [0.1, 0.15) is 107 Å². The molecule has 0 aliphatic carbocycles. The molecule has 3 aromatic heterocycles. The largest absolute Gasteiger partial charge is 0.455 e. The lowest BCUT2D eigenvalue weighted by Crippen LogP contribution is -2.61. The van der Waals surface area contributed by atoms with Crippen LogP contribution in [0.5, 0.6) is 0 Å². The molecule has 432 valence electrons. The van der Waals surface area contributed by atoms with E-state index in [2.05, 4.69) is 281 Å². The van der Waals surface area contributed by atoms with Gasteiger partial charge in [-0.2, -0.15) is 0 Å². The maximum atomic E-state index is 6.69. The second-order valence-corrected chi connectivity index (χ2v) is 28.1.